The Balaban J connectivity index is 0.000000574. The van der Waals surface area contributed by atoms with Crippen LogP contribution in [0.1, 0.15) is 154 Å². The number of thioether (sulfide) groups is 3. The molecule has 0 aliphatic carbocycles. The Morgan fingerprint density at radius 1 is 0.452 bits per heavy atom. The number of nitrogens with two attached hydrogens (primary N) is 4. The number of hydrogen-bond acceptors (Lipinski definition) is 37. The lowest BCUT2D eigenvalue weighted by molar-refractivity contribution is -0.120. The van der Waals surface area contributed by atoms with Crippen LogP contribution in [-0.2, 0) is 114 Å². The second-order valence-electron chi connectivity index (χ2n) is 28.0. The van der Waals surface area contributed by atoms with Gasteiger partial charge in [0.2, 0.25) is 0 Å². The summed E-state index contributed by atoms with van der Waals surface area (Å²) in [7, 11) is -9.70. The second kappa shape index (κ2) is 58.1. The monoisotopic (exact) mass is 1910 g/mol. The quantitative estimate of drug-likeness (QED) is 0.00999. The van der Waals surface area contributed by atoms with E-state index in [1.165, 1.54) is 37.1 Å². The third kappa shape index (κ3) is 37.7. The van der Waals surface area contributed by atoms with Gasteiger partial charge in [-0.25, -0.2) is 59.2 Å². The van der Waals surface area contributed by atoms with Crippen molar-refractivity contribution in [1.82, 2.24) is 48.4 Å². The summed E-state index contributed by atoms with van der Waals surface area (Å²) in [4.78, 5) is 116. The number of hydrogen-bond donors (Lipinski definition) is 8. The van der Waals surface area contributed by atoms with E-state index < -0.39 is 34.6 Å². The van der Waals surface area contributed by atoms with Gasteiger partial charge in [0, 0.05) is 64.0 Å². The first kappa shape index (κ1) is 114. The highest BCUT2D eigenvalue weighted by Gasteiger charge is 2.34. The number of nitrogens with zero attached hydrogens (tertiary/aromatic N) is 12. The molecule has 4 aliphatic heterocycles. The average molecular weight is 1910 g/mol. The maximum Gasteiger partial charge on any atom is 0.697 e. The zero-order valence-electron chi connectivity index (χ0n) is 69.8. The zero-order valence-corrected chi connectivity index (χ0v) is 74.9. The molecule has 52 heteroatoms. The van der Waals surface area contributed by atoms with Crippen molar-refractivity contribution < 1.29 is 131 Å². The largest absolute Gasteiger partial charge is 0.697 e. The number of halogens is 6. The van der Waals surface area contributed by atoms with Crippen LogP contribution in [0.15, 0.2) is 106 Å². The summed E-state index contributed by atoms with van der Waals surface area (Å²) >= 11 is 3.33. The van der Waals surface area contributed by atoms with Crippen LogP contribution in [0, 0.1) is 16.2 Å². The number of carbonyl (C=O) groups excluding carboxylic acids is 7. The molecule has 40 nitrogen and oxygen atoms in total. The molecule has 0 spiro atoms. The van der Waals surface area contributed by atoms with Crippen molar-refractivity contribution >= 4 is 144 Å². The van der Waals surface area contributed by atoms with Crippen molar-refractivity contribution in [2.75, 3.05) is 96.5 Å². The minimum absolute atomic E-state index is 0. The van der Waals surface area contributed by atoms with E-state index in [2.05, 4.69) is 50.1 Å². The number of benzene rings is 2. The van der Waals surface area contributed by atoms with Crippen molar-refractivity contribution in [2.24, 2.45) is 59.1 Å². The number of aromatic nitrogens is 8. The van der Waals surface area contributed by atoms with Gasteiger partial charge < -0.3 is 52.1 Å². The van der Waals surface area contributed by atoms with E-state index in [1.54, 1.807) is 32.1 Å². The van der Waals surface area contributed by atoms with Crippen LogP contribution < -0.4 is 33.1 Å². The highest BCUT2D eigenvalue weighted by Crippen LogP contribution is 2.46. The van der Waals surface area contributed by atoms with Gasteiger partial charge in [0.05, 0.1) is 122 Å². The lowest BCUT2D eigenvalue weighted by Crippen LogP contribution is -2.26. The summed E-state index contributed by atoms with van der Waals surface area (Å²) in [5.74, 6) is 2.74. The lowest BCUT2D eigenvalue weighted by Gasteiger charge is -2.21. The minimum Gasteiger partial charge on any atom is -0.395 e. The first-order chi connectivity index (χ1) is 58.7. The van der Waals surface area contributed by atoms with Crippen molar-refractivity contribution in [1.29, 1.82) is 0 Å². The number of imidazole rings is 4. The standard InChI is InChI=1S/C24H34N5O6PS.C23H32N5O7PS.C17H25N4O6PS.C9H12N4O3.CH4.2F2.2FH/c1-4-24(2,3)23(31)37-13-12-35-36(32,27-15-18-8-6-5-7-9-18)34-11-10-33-17-29-16-26-21-19(30)14-20(25)28-22(21)29;1-23(2,14-29)22(31)37-11-10-35-36(32,26-13-17-6-4-3-5-7-17)34-9-8-33-16-28-15-25-20-18(30)12-19(24)27-21(20)28;1-4-17(2,3)16(23)29-8-7-27-28(24)26-6-5-25-11-21-10-19-14-12(22)9-13(18)20-15(14)21;10-7-3-6(15)8-9(12-7)13(4-11-8)5-16-2-1-14;;2*1-2;;/h5-9,16H,4,10-15,17H2,1-3H3,(H2,25,28)(H,27,32);3-7,15,29H,8-14,16H2,1-2H3,(H2,24,27)(H,26,32);10H,4-9,11H2,1-3H3,(H-,18,20,22);4,14H,1-3,5H2,(H2,10,12);1H4;;;2*1H/p+1. The van der Waals surface area contributed by atoms with Gasteiger partial charge in [0.1, 0.15) is 63.5 Å². The number of rotatable bonds is 46. The Labute approximate surface area is 737 Å². The fraction of sp³-hybridized carbons (Fsp3) is 0.527. The molecule has 10 rings (SSSR count). The average Bonchev–Trinajstić information content (AvgIpc) is 1.67. The number of aliphatic imine (C=N–C) groups is 4. The van der Waals surface area contributed by atoms with E-state index in [1.807, 2.05) is 102 Å². The highest BCUT2D eigenvalue weighted by atomic mass is 32.2. The lowest BCUT2D eigenvalue weighted by atomic mass is 9.92. The van der Waals surface area contributed by atoms with Gasteiger partial charge in [-0.3, -0.25) is 79.3 Å². The number of nitrogens with one attached hydrogen (secondary N) is 2. The molecule has 12 N–H and O–H groups in total. The Morgan fingerprint density at radius 3 is 1.03 bits per heavy atom. The Bertz CT molecular complexity index is 4510. The maximum absolute atomic E-state index is 13.4. The number of Topliss-reactive ketones (excluding diaryl/α,β-unsaturated/α-hetero) is 4. The van der Waals surface area contributed by atoms with E-state index in [4.69, 9.17) is 92.4 Å². The predicted molar refractivity (Wildman–Crippen MR) is 463 cm³/mol. The van der Waals surface area contributed by atoms with Crippen LogP contribution in [0.2, 0.25) is 0 Å². The van der Waals surface area contributed by atoms with Crippen LogP contribution in [-0.4, -0.2) is 207 Å². The molecular formula is C74H110F6N18O22P3S3+. The summed E-state index contributed by atoms with van der Waals surface area (Å²) < 4.78 is 131. The number of carbonyl (C=O) groups is 7. The predicted octanol–water partition coefficient (Wildman–Crippen LogP) is 11.6. The first-order valence-corrected chi connectivity index (χ1v) is 44.9. The minimum atomic E-state index is -3.73. The number of aliphatic hydroxyl groups is 2. The van der Waals surface area contributed by atoms with Gasteiger partial charge >= 0.3 is 23.7 Å². The fourth-order valence-corrected chi connectivity index (χ4v) is 15.8. The van der Waals surface area contributed by atoms with Crippen LogP contribution in [0.25, 0.3) is 0 Å². The Hall–Kier alpha value is -8.52. The number of ketones is 4. The number of amidine groups is 4. The Morgan fingerprint density at radius 2 is 0.730 bits per heavy atom. The van der Waals surface area contributed by atoms with E-state index in [0.717, 1.165) is 47.5 Å². The molecule has 0 bridgehead atoms. The number of ether oxygens (including phenoxy) is 4. The third-order valence-corrected chi connectivity index (χ3v) is 24.9. The molecule has 0 saturated heterocycles. The van der Waals surface area contributed by atoms with Gasteiger partial charge in [0.15, 0.2) is 84.5 Å². The van der Waals surface area contributed by atoms with E-state index in [-0.39, 0.29) is 252 Å². The molecule has 0 amide bonds. The van der Waals surface area contributed by atoms with Crippen molar-refractivity contribution in [2.45, 2.75) is 141 Å². The van der Waals surface area contributed by atoms with Gasteiger partial charge in [0.25, 0.3) is 0 Å². The van der Waals surface area contributed by atoms with Gasteiger partial charge in [-0.15, -0.1) is 9.05 Å². The SMILES string of the molecule is C.CC(C)(CO)C(=O)SCCOP(=O)(NCc1ccccc1)OCCOCn1cnc2c1N=C(N)CC2=O.CCC(C)(C)C(=O)SCCOP(=O)(NCc1ccccc1)OCCOCn1cnc2c1N=C(N)CC2=O.CCC(C)(C)C(=O)SCCO[P+](=O)OCCOCn1cnc2c1N=C(N)CC2=O.F.F.FF.FF.NC1=Nc2c(ncn2COCCO)C(=O)C1. The van der Waals surface area contributed by atoms with Crippen LogP contribution in [0.5, 0.6) is 0 Å². The van der Waals surface area contributed by atoms with Crippen LogP contribution in [0.4, 0.5) is 51.0 Å². The molecular weight excluding hydrogens is 1800 g/mol. The van der Waals surface area contributed by atoms with E-state index in [9.17, 15) is 52.4 Å². The molecule has 3 atom stereocenters. The first-order valence-electron chi connectivity index (χ1n) is 37.8. The molecule has 0 radical (unpaired) electrons. The fourth-order valence-electron chi connectivity index (χ4n) is 9.78. The van der Waals surface area contributed by atoms with Crippen molar-refractivity contribution in [3.05, 3.63) is 120 Å². The normalized spacial score (nSPS) is 14.3. The topological polar surface area (TPSA) is 552 Å². The molecule has 3 unspecified atom stereocenters. The molecule has 126 heavy (non-hydrogen) atoms. The molecule has 702 valence electrons. The molecule has 8 heterocycles. The van der Waals surface area contributed by atoms with Gasteiger partial charge in [-0.1, -0.05) is 145 Å². The van der Waals surface area contributed by atoms with E-state index in [0.29, 0.717) is 40.5 Å². The Kier molecular flexibility index (Phi) is 52.4. The molecule has 6 aromatic rings. The van der Waals surface area contributed by atoms with Gasteiger partial charge in [-0.2, -0.15) is 0 Å². The summed E-state index contributed by atoms with van der Waals surface area (Å²) in [6, 6.07) is 18.8. The number of fused-ring (bicyclic) bond motifs is 4. The molecule has 0 fully saturated rings. The molecule has 4 aliphatic rings. The summed E-state index contributed by atoms with van der Waals surface area (Å²) in [5.41, 5.74) is 23.8. The zero-order chi connectivity index (χ0) is 90.8. The molecule has 0 saturated carbocycles. The summed E-state index contributed by atoms with van der Waals surface area (Å²) in [5, 5.41) is 23.6. The third-order valence-electron chi connectivity index (χ3n) is 17.3. The van der Waals surface area contributed by atoms with Crippen molar-refractivity contribution in [3.8, 4) is 0 Å². The van der Waals surface area contributed by atoms with Crippen LogP contribution in [0.3, 0.4) is 0 Å². The van der Waals surface area contributed by atoms with Crippen molar-refractivity contribution in [3.63, 3.8) is 0 Å². The summed E-state index contributed by atoms with van der Waals surface area (Å²) in [6.07, 6.45) is 7.58. The molecule has 4 aromatic heterocycles. The van der Waals surface area contributed by atoms with E-state index >= 15 is 0 Å². The van der Waals surface area contributed by atoms with Gasteiger partial charge in [-0.05, 0) is 37.8 Å². The second-order valence-corrected chi connectivity index (χ2v) is 35.8. The molecule has 2 aromatic carbocycles. The summed E-state index contributed by atoms with van der Waals surface area (Å²) in [6.45, 7) is 16.2. The smallest absolute Gasteiger partial charge is 0.395 e. The van der Waals surface area contributed by atoms with Crippen LogP contribution >= 0.6 is 59.0 Å². The number of aliphatic hydroxyl groups excluding tert-OH is 2. The maximum atomic E-state index is 13.4. The highest BCUT2D eigenvalue weighted by molar-refractivity contribution is 8.14.